The average molecular weight is 466 g/mol. The molecule has 0 unspecified atom stereocenters. The molecule has 1 aromatic carbocycles. The second-order valence-electron chi connectivity index (χ2n) is 7.55. The molecule has 0 saturated carbocycles. The largest absolute Gasteiger partial charge is 0.490 e. The van der Waals surface area contributed by atoms with Crippen LogP contribution in [0.5, 0.6) is 5.75 Å². The molecule has 2 aliphatic rings. The Bertz CT molecular complexity index is 906. The second kappa shape index (κ2) is 9.95. The Labute approximate surface area is 189 Å². The number of amides is 2. The molecule has 3 heterocycles. The SMILES string of the molecule is O=C(C[C@]1(COc2cccc(Cl)c2)CN(C(=O)c2cscn2)CCO1)N1CCOCC1. The second-order valence-corrected chi connectivity index (χ2v) is 8.70. The lowest BCUT2D eigenvalue weighted by molar-refractivity contribution is -0.155. The summed E-state index contributed by atoms with van der Waals surface area (Å²) >= 11 is 7.44. The van der Waals surface area contributed by atoms with Gasteiger partial charge in [-0.05, 0) is 18.2 Å². The average Bonchev–Trinajstić information content (AvgIpc) is 3.33. The maximum Gasteiger partial charge on any atom is 0.273 e. The molecule has 1 aromatic heterocycles. The van der Waals surface area contributed by atoms with Crippen LogP contribution in [0, 0.1) is 0 Å². The molecular weight excluding hydrogens is 442 g/mol. The lowest BCUT2D eigenvalue weighted by atomic mass is 9.96. The van der Waals surface area contributed by atoms with Gasteiger partial charge in [0.2, 0.25) is 5.91 Å². The van der Waals surface area contributed by atoms with Crippen molar-refractivity contribution in [2.75, 3.05) is 52.6 Å². The molecule has 8 nitrogen and oxygen atoms in total. The number of carbonyl (C=O) groups excluding carboxylic acids is 2. The number of thiazole rings is 1. The van der Waals surface area contributed by atoms with E-state index in [1.807, 2.05) is 0 Å². The lowest BCUT2D eigenvalue weighted by Gasteiger charge is -2.43. The minimum Gasteiger partial charge on any atom is -0.490 e. The summed E-state index contributed by atoms with van der Waals surface area (Å²) in [6, 6.07) is 7.06. The Balaban J connectivity index is 1.52. The molecule has 2 aromatic rings. The van der Waals surface area contributed by atoms with E-state index in [-0.39, 0.29) is 31.4 Å². The molecule has 0 bridgehead atoms. The van der Waals surface area contributed by atoms with Crippen molar-refractivity contribution in [1.29, 1.82) is 0 Å². The molecule has 0 radical (unpaired) electrons. The van der Waals surface area contributed by atoms with Gasteiger partial charge in [0.1, 0.15) is 23.7 Å². The highest BCUT2D eigenvalue weighted by molar-refractivity contribution is 7.07. The van der Waals surface area contributed by atoms with Gasteiger partial charge in [0.25, 0.3) is 5.91 Å². The quantitative estimate of drug-likeness (QED) is 0.651. The summed E-state index contributed by atoms with van der Waals surface area (Å²) in [4.78, 5) is 33.5. The fourth-order valence-corrected chi connectivity index (χ4v) is 4.42. The van der Waals surface area contributed by atoms with Gasteiger partial charge in [-0.15, -0.1) is 11.3 Å². The van der Waals surface area contributed by atoms with Crippen LogP contribution in [0.15, 0.2) is 35.2 Å². The highest BCUT2D eigenvalue weighted by Gasteiger charge is 2.42. The van der Waals surface area contributed by atoms with Gasteiger partial charge in [-0.2, -0.15) is 0 Å². The van der Waals surface area contributed by atoms with E-state index in [0.717, 1.165) is 0 Å². The standard InChI is InChI=1S/C21H24ClN3O5S/c22-16-2-1-3-17(10-16)29-14-21(11-19(26)24-4-7-28-8-5-24)13-25(6-9-30-21)20(27)18-12-31-15-23-18/h1-3,10,12,15H,4-9,11,13-14H2/t21-/m1/s1. The normalized spacial score (nSPS) is 21.7. The molecule has 2 aliphatic heterocycles. The Morgan fingerprint density at radius 2 is 2.00 bits per heavy atom. The maximum atomic E-state index is 13.0. The molecule has 2 fully saturated rings. The molecule has 10 heteroatoms. The number of carbonyl (C=O) groups is 2. The topological polar surface area (TPSA) is 81.2 Å². The number of hydrogen-bond acceptors (Lipinski definition) is 7. The number of morpholine rings is 2. The molecular formula is C21H24ClN3O5S. The fourth-order valence-electron chi connectivity index (χ4n) is 3.72. The third kappa shape index (κ3) is 5.54. The summed E-state index contributed by atoms with van der Waals surface area (Å²) in [5, 5.41) is 2.28. The van der Waals surface area contributed by atoms with Crippen molar-refractivity contribution >= 4 is 34.8 Å². The minimum atomic E-state index is -0.971. The van der Waals surface area contributed by atoms with Gasteiger partial charge in [-0.1, -0.05) is 17.7 Å². The maximum absolute atomic E-state index is 13.0. The van der Waals surface area contributed by atoms with Gasteiger partial charge in [0.05, 0.1) is 38.3 Å². The van der Waals surface area contributed by atoms with Crippen LogP contribution in [0.4, 0.5) is 0 Å². The smallest absolute Gasteiger partial charge is 0.273 e. The van der Waals surface area contributed by atoms with Crippen LogP contribution < -0.4 is 4.74 Å². The summed E-state index contributed by atoms with van der Waals surface area (Å²) < 4.78 is 17.5. The molecule has 1 atom stereocenters. The highest BCUT2D eigenvalue weighted by atomic mass is 35.5. The molecule has 0 N–H and O–H groups in total. The van der Waals surface area contributed by atoms with E-state index < -0.39 is 5.60 Å². The van der Waals surface area contributed by atoms with Gasteiger partial charge in [0, 0.05) is 30.0 Å². The minimum absolute atomic E-state index is 0.0408. The van der Waals surface area contributed by atoms with Gasteiger partial charge in [0.15, 0.2) is 0 Å². The van der Waals surface area contributed by atoms with Crippen LogP contribution in [0.2, 0.25) is 5.02 Å². The third-order valence-corrected chi connectivity index (χ3v) is 6.14. The monoisotopic (exact) mass is 465 g/mol. The van der Waals surface area contributed by atoms with Gasteiger partial charge >= 0.3 is 0 Å². The Morgan fingerprint density at radius 1 is 1.19 bits per heavy atom. The van der Waals surface area contributed by atoms with E-state index in [4.69, 9.17) is 25.8 Å². The van der Waals surface area contributed by atoms with Crippen molar-refractivity contribution in [3.63, 3.8) is 0 Å². The summed E-state index contributed by atoms with van der Waals surface area (Å²) in [6.45, 7) is 3.23. The molecule has 166 valence electrons. The molecule has 2 saturated heterocycles. The Morgan fingerprint density at radius 3 is 2.74 bits per heavy atom. The highest BCUT2D eigenvalue weighted by Crippen LogP contribution is 2.27. The van der Waals surface area contributed by atoms with Crippen molar-refractivity contribution < 1.29 is 23.8 Å². The Kier molecular flexibility index (Phi) is 7.06. The van der Waals surface area contributed by atoms with Crippen molar-refractivity contribution in [2.24, 2.45) is 0 Å². The first-order valence-electron chi connectivity index (χ1n) is 10.1. The number of aromatic nitrogens is 1. The molecule has 4 rings (SSSR count). The van der Waals surface area contributed by atoms with E-state index in [1.165, 1.54) is 11.3 Å². The number of hydrogen-bond donors (Lipinski definition) is 0. The predicted molar refractivity (Wildman–Crippen MR) is 116 cm³/mol. The van der Waals surface area contributed by atoms with Crippen LogP contribution in [0.1, 0.15) is 16.9 Å². The summed E-state index contributed by atoms with van der Waals surface area (Å²) in [6.07, 6.45) is 0.106. The van der Waals surface area contributed by atoms with E-state index in [9.17, 15) is 9.59 Å². The van der Waals surface area contributed by atoms with Gasteiger partial charge in [-0.3, -0.25) is 9.59 Å². The Hall–Kier alpha value is -2.20. The summed E-state index contributed by atoms with van der Waals surface area (Å²) in [5.74, 6) is 0.369. The zero-order valence-electron chi connectivity index (χ0n) is 17.0. The summed E-state index contributed by atoms with van der Waals surface area (Å²) in [7, 11) is 0. The van der Waals surface area contributed by atoms with Crippen LogP contribution in [-0.4, -0.2) is 84.8 Å². The molecule has 31 heavy (non-hydrogen) atoms. The van der Waals surface area contributed by atoms with E-state index in [1.54, 1.807) is 45.0 Å². The van der Waals surface area contributed by atoms with Crippen LogP contribution >= 0.6 is 22.9 Å². The van der Waals surface area contributed by atoms with E-state index in [0.29, 0.717) is 55.9 Å². The molecule has 0 spiro atoms. The number of halogens is 1. The van der Waals surface area contributed by atoms with Crippen molar-refractivity contribution in [3.05, 3.63) is 45.9 Å². The molecule has 0 aliphatic carbocycles. The zero-order valence-corrected chi connectivity index (χ0v) is 18.6. The van der Waals surface area contributed by atoms with Crippen molar-refractivity contribution in [3.8, 4) is 5.75 Å². The number of rotatable bonds is 6. The first-order valence-corrected chi connectivity index (χ1v) is 11.4. The van der Waals surface area contributed by atoms with Crippen molar-refractivity contribution in [1.82, 2.24) is 14.8 Å². The van der Waals surface area contributed by atoms with E-state index >= 15 is 0 Å². The van der Waals surface area contributed by atoms with E-state index in [2.05, 4.69) is 4.98 Å². The number of ether oxygens (including phenoxy) is 3. The lowest BCUT2D eigenvalue weighted by Crippen LogP contribution is -2.58. The van der Waals surface area contributed by atoms with Gasteiger partial charge < -0.3 is 24.0 Å². The first kappa shape index (κ1) is 22.0. The number of nitrogens with zero attached hydrogens (tertiary/aromatic N) is 3. The molecule has 2 amide bonds. The summed E-state index contributed by atoms with van der Waals surface area (Å²) in [5.41, 5.74) is 1.06. The first-order chi connectivity index (χ1) is 15.0. The zero-order chi connectivity index (χ0) is 21.7. The third-order valence-electron chi connectivity index (χ3n) is 5.32. The van der Waals surface area contributed by atoms with Crippen LogP contribution in [-0.2, 0) is 14.3 Å². The fraction of sp³-hybridized carbons (Fsp3) is 0.476. The van der Waals surface area contributed by atoms with Crippen LogP contribution in [0.25, 0.3) is 0 Å². The van der Waals surface area contributed by atoms with Crippen LogP contribution in [0.3, 0.4) is 0 Å². The van der Waals surface area contributed by atoms with Crippen molar-refractivity contribution in [2.45, 2.75) is 12.0 Å². The predicted octanol–water partition coefficient (Wildman–Crippen LogP) is 2.34. The van der Waals surface area contributed by atoms with Gasteiger partial charge in [-0.25, -0.2) is 4.98 Å². The number of benzene rings is 1.